The summed E-state index contributed by atoms with van der Waals surface area (Å²) >= 11 is 0. The highest BCUT2D eigenvalue weighted by Gasteiger charge is 2.62. The van der Waals surface area contributed by atoms with Gasteiger partial charge < -0.3 is 26.2 Å². The van der Waals surface area contributed by atoms with Crippen LogP contribution in [0.3, 0.4) is 0 Å². The van der Waals surface area contributed by atoms with E-state index < -0.39 is 58.1 Å². The molecule has 0 spiro atoms. The number of nitrogens with two attached hydrogens (primary N) is 1. The molecule has 1 heterocycles. The van der Waals surface area contributed by atoms with Gasteiger partial charge in [0.2, 0.25) is 5.91 Å². The molecule has 3 aliphatic carbocycles. The molecule has 1 amide bonds. The van der Waals surface area contributed by atoms with E-state index in [-0.39, 0.29) is 36.1 Å². The summed E-state index contributed by atoms with van der Waals surface area (Å²) in [4.78, 5) is 44.1. The van der Waals surface area contributed by atoms with Gasteiger partial charge in [0.05, 0.1) is 17.2 Å². The van der Waals surface area contributed by atoms with Crippen molar-refractivity contribution in [1.29, 1.82) is 0 Å². The van der Waals surface area contributed by atoms with Gasteiger partial charge in [-0.05, 0) is 59.9 Å². The van der Waals surface area contributed by atoms with Crippen molar-refractivity contribution in [2.45, 2.75) is 57.2 Å². The Labute approximate surface area is 236 Å². The Bertz CT molecular complexity index is 1700. The number of hydrogen-bond donors (Lipinski definition) is 5. The molecular formula is C32H32N2O7. The predicted octanol–water partition coefficient (Wildman–Crippen LogP) is 3.26. The van der Waals surface area contributed by atoms with E-state index in [0.29, 0.717) is 11.1 Å². The van der Waals surface area contributed by atoms with Crippen molar-refractivity contribution in [3.05, 3.63) is 70.6 Å². The second kappa shape index (κ2) is 8.96. The second-order valence-corrected chi connectivity index (χ2v) is 12.6. The number of fused-ring (bicyclic) bond motifs is 4. The fraction of sp³-hybridized carbons (Fsp3) is 0.375. The first kappa shape index (κ1) is 27.1. The smallest absolute Gasteiger partial charge is 0.230 e. The summed E-state index contributed by atoms with van der Waals surface area (Å²) < 4.78 is 0. The van der Waals surface area contributed by atoms with Crippen LogP contribution in [0.4, 0.5) is 0 Å². The Morgan fingerprint density at radius 1 is 1.10 bits per heavy atom. The zero-order valence-electron chi connectivity index (χ0n) is 23.0. The van der Waals surface area contributed by atoms with E-state index in [4.69, 9.17) is 5.73 Å². The van der Waals surface area contributed by atoms with Gasteiger partial charge >= 0.3 is 0 Å². The SMILES string of the molecule is CC(C)(C)c1cc(-c2cnc3ccccc3c2)c2c(c1O)C(=O)C1=C(O)[C@]3(O)C(=O)C(C(N)=O)C(O)C[C@@H]3C[C@@H]1C2. The van der Waals surface area contributed by atoms with Gasteiger partial charge in [0.15, 0.2) is 17.2 Å². The normalized spacial score (nSPS) is 27.8. The van der Waals surface area contributed by atoms with E-state index in [2.05, 4.69) is 4.98 Å². The summed E-state index contributed by atoms with van der Waals surface area (Å²) in [6.45, 7) is 5.73. The molecule has 0 bridgehead atoms. The molecule has 0 radical (unpaired) electrons. The Kier molecular flexibility index (Phi) is 5.92. The molecule has 6 rings (SSSR count). The molecule has 2 unspecified atom stereocenters. The number of pyridine rings is 1. The van der Waals surface area contributed by atoms with Gasteiger partial charge in [0.1, 0.15) is 17.4 Å². The van der Waals surface area contributed by atoms with Crippen LogP contribution in [0.5, 0.6) is 5.75 Å². The van der Waals surface area contributed by atoms with Crippen LogP contribution in [0, 0.1) is 17.8 Å². The number of aliphatic hydroxyl groups is 3. The van der Waals surface area contributed by atoms with Gasteiger partial charge in [-0.15, -0.1) is 0 Å². The third-order valence-electron chi connectivity index (χ3n) is 9.10. The maximum Gasteiger partial charge on any atom is 0.230 e. The topological polar surface area (TPSA) is 171 Å². The lowest BCUT2D eigenvalue weighted by Gasteiger charge is -2.48. The molecule has 41 heavy (non-hydrogen) atoms. The number of rotatable bonds is 2. The molecule has 2 aromatic carbocycles. The van der Waals surface area contributed by atoms with Crippen molar-refractivity contribution in [2.75, 3.05) is 0 Å². The standard InChI is InChI=1S/C32H32N2O7/c1-31(2,3)20-12-18(16-8-14-6-4-5-7-21(14)34-13-16)19-10-15-9-17-11-22(35)25(30(33)40)29(39)32(17,41)28(38)23(15)27(37)24(19)26(20)36/h4-8,12-13,15,17,22,25,35-36,38,41H,9-11H2,1-3H3,(H2,33,40)/t15-,17+,22?,25?,32+/m1/s1. The quantitative estimate of drug-likeness (QED) is 0.299. The first-order valence-electron chi connectivity index (χ1n) is 13.7. The molecule has 212 valence electrons. The summed E-state index contributed by atoms with van der Waals surface area (Å²) in [6.07, 6.45) is 0.502. The Hall–Kier alpha value is -4.08. The monoisotopic (exact) mass is 556 g/mol. The van der Waals surface area contributed by atoms with Crippen molar-refractivity contribution in [1.82, 2.24) is 4.98 Å². The molecule has 3 aliphatic rings. The number of aliphatic hydroxyl groups excluding tert-OH is 2. The van der Waals surface area contributed by atoms with Crippen LogP contribution in [0.1, 0.15) is 55.1 Å². The first-order chi connectivity index (χ1) is 19.2. The molecule has 0 aliphatic heterocycles. The number of nitrogens with zero attached hydrogens (tertiary/aromatic N) is 1. The number of carbonyl (C=O) groups excluding carboxylic acids is 3. The predicted molar refractivity (Wildman–Crippen MR) is 150 cm³/mol. The lowest BCUT2D eigenvalue weighted by Crippen LogP contribution is -2.63. The highest BCUT2D eigenvalue weighted by Crippen LogP contribution is 2.53. The molecule has 5 atom stereocenters. The number of carbonyl (C=O) groups is 3. The number of allylic oxidation sites excluding steroid dienone is 1. The van der Waals surface area contributed by atoms with Crippen LogP contribution >= 0.6 is 0 Å². The maximum absolute atomic E-state index is 14.2. The van der Waals surface area contributed by atoms with Crippen LogP contribution in [-0.2, 0) is 21.4 Å². The third-order valence-corrected chi connectivity index (χ3v) is 9.10. The minimum Gasteiger partial charge on any atom is -0.508 e. The Morgan fingerprint density at radius 3 is 2.49 bits per heavy atom. The summed E-state index contributed by atoms with van der Waals surface area (Å²) in [6, 6.07) is 11.5. The fourth-order valence-electron chi connectivity index (χ4n) is 7.04. The highest BCUT2D eigenvalue weighted by atomic mass is 16.3. The van der Waals surface area contributed by atoms with Gasteiger partial charge in [-0.3, -0.25) is 19.4 Å². The van der Waals surface area contributed by atoms with Crippen molar-refractivity contribution >= 4 is 28.4 Å². The number of aromatic nitrogens is 1. The third kappa shape index (κ3) is 3.83. The molecule has 0 saturated heterocycles. The highest BCUT2D eigenvalue weighted by molar-refractivity contribution is 6.16. The summed E-state index contributed by atoms with van der Waals surface area (Å²) in [7, 11) is 0. The Morgan fingerprint density at radius 2 is 1.80 bits per heavy atom. The molecule has 1 saturated carbocycles. The minimum absolute atomic E-state index is 0.00942. The van der Waals surface area contributed by atoms with E-state index in [9.17, 15) is 34.8 Å². The first-order valence-corrected chi connectivity index (χ1v) is 13.7. The van der Waals surface area contributed by atoms with Crippen LogP contribution < -0.4 is 5.73 Å². The number of ketones is 2. The average Bonchev–Trinajstić information content (AvgIpc) is 2.89. The summed E-state index contributed by atoms with van der Waals surface area (Å²) in [5.74, 6) is -7.21. The summed E-state index contributed by atoms with van der Waals surface area (Å²) in [5.41, 5.74) is 5.49. The van der Waals surface area contributed by atoms with Gasteiger partial charge in [-0.1, -0.05) is 39.0 Å². The van der Waals surface area contributed by atoms with Crippen molar-refractivity contribution in [2.24, 2.45) is 23.5 Å². The molecule has 6 N–H and O–H groups in total. The zero-order valence-corrected chi connectivity index (χ0v) is 23.0. The van der Waals surface area contributed by atoms with Gasteiger partial charge in [-0.2, -0.15) is 0 Å². The second-order valence-electron chi connectivity index (χ2n) is 12.6. The van der Waals surface area contributed by atoms with Gasteiger partial charge in [-0.25, -0.2) is 0 Å². The fourth-order valence-corrected chi connectivity index (χ4v) is 7.04. The van der Waals surface area contributed by atoms with Crippen LogP contribution in [-0.4, -0.2) is 54.6 Å². The van der Waals surface area contributed by atoms with E-state index in [1.807, 2.05) is 57.2 Å². The lowest BCUT2D eigenvalue weighted by atomic mass is 9.57. The largest absolute Gasteiger partial charge is 0.508 e. The van der Waals surface area contributed by atoms with Crippen LogP contribution in [0.25, 0.3) is 22.0 Å². The van der Waals surface area contributed by atoms with Crippen LogP contribution in [0.15, 0.2) is 53.9 Å². The van der Waals surface area contributed by atoms with E-state index >= 15 is 0 Å². The lowest BCUT2D eigenvalue weighted by molar-refractivity contribution is -0.167. The molecule has 1 fully saturated rings. The van der Waals surface area contributed by atoms with E-state index in [1.165, 1.54) is 0 Å². The molecule has 1 aromatic heterocycles. The zero-order chi connectivity index (χ0) is 29.6. The van der Waals surface area contributed by atoms with E-state index in [0.717, 1.165) is 22.0 Å². The number of phenols is 1. The molecule has 9 heteroatoms. The molecule has 3 aromatic rings. The number of primary amides is 1. The van der Waals surface area contributed by atoms with Crippen molar-refractivity contribution < 1.29 is 34.8 Å². The van der Waals surface area contributed by atoms with Gasteiger partial charge in [0.25, 0.3) is 0 Å². The van der Waals surface area contributed by atoms with Crippen molar-refractivity contribution in [3.63, 3.8) is 0 Å². The van der Waals surface area contributed by atoms with Crippen molar-refractivity contribution in [3.8, 4) is 16.9 Å². The minimum atomic E-state index is -2.54. The Balaban J connectivity index is 1.58. The molecular weight excluding hydrogens is 524 g/mol. The average molecular weight is 557 g/mol. The van der Waals surface area contributed by atoms with Crippen LogP contribution in [0.2, 0.25) is 0 Å². The van der Waals surface area contributed by atoms with Gasteiger partial charge in [0, 0.05) is 34.2 Å². The van der Waals surface area contributed by atoms with E-state index in [1.54, 1.807) is 6.20 Å². The number of benzene rings is 2. The number of phenolic OH excluding ortho intramolecular Hbond substituents is 1. The molecule has 9 nitrogen and oxygen atoms in total. The summed E-state index contributed by atoms with van der Waals surface area (Å²) in [5, 5.41) is 45.9. The number of hydrogen-bond acceptors (Lipinski definition) is 8. The number of para-hydroxylation sites is 1. The maximum atomic E-state index is 14.2. The number of Topliss-reactive ketones (excluding diaryl/α,β-unsaturated/α-hetero) is 2. The number of amides is 1. The number of aromatic hydroxyl groups is 1.